The topological polar surface area (TPSA) is 18.5 Å². The second-order valence-electron chi connectivity index (χ2n) is 4.79. The van der Waals surface area contributed by atoms with Gasteiger partial charge in [0.1, 0.15) is 17.1 Å². The third kappa shape index (κ3) is 1.94. The molecular formula is C13H18O2. The third-order valence-corrected chi connectivity index (χ3v) is 2.96. The molecule has 0 unspecified atom stereocenters. The maximum absolute atomic E-state index is 5.94. The fourth-order valence-corrected chi connectivity index (χ4v) is 2.02. The van der Waals surface area contributed by atoms with Crippen molar-refractivity contribution in [3.63, 3.8) is 0 Å². The number of methoxy groups -OCH3 is 1. The van der Waals surface area contributed by atoms with Gasteiger partial charge in [-0.1, -0.05) is 0 Å². The van der Waals surface area contributed by atoms with Crippen LogP contribution in [0, 0.1) is 6.92 Å². The van der Waals surface area contributed by atoms with Crippen molar-refractivity contribution in [3.8, 4) is 11.5 Å². The standard InChI is InChI=1S/C13H18O2/c1-9-7-10-5-6-13(2,3)15-12(10)8-11(9)14-4/h7-8H,5-6H2,1-4H3. The molecule has 0 aromatic heterocycles. The largest absolute Gasteiger partial charge is 0.496 e. The van der Waals surface area contributed by atoms with Crippen molar-refractivity contribution in [1.29, 1.82) is 0 Å². The van der Waals surface area contributed by atoms with Crippen LogP contribution in [0.5, 0.6) is 11.5 Å². The molecule has 15 heavy (non-hydrogen) atoms. The molecule has 0 spiro atoms. The van der Waals surface area contributed by atoms with Crippen molar-refractivity contribution in [2.45, 2.75) is 39.2 Å². The van der Waals surface area contributed by atoms with E-state index in [1.165, 1.54) is 11.1 Å². The molecule has 2 nitrogen and oxygen atoms in total. The van der Waals surface area contributed by atoms with Crippen molar-refractivity contribution in [2.75, 3.05) is 7.11 Å². The quantitative estimate of drug-likeness (QED) is 0.703. The van der Waals surface area contributed by atoms with Crippen molar-refractivity contribution in [2.24, 2.45) is 0 Å². The van der Waals surface area contributed by atoms with Gasteiger partial charge in [0.25, 0.3) is 0 Å². The Balaban J connectivity index is 2.42. The Morgan fingerprint density at radius 1 is 1.33 bits per heavy atom. The first-order chi connectivity index (χ1) is 7.02. The maximum Gasteiger partial charge on any atom is 0.127 e. The van der Waals surface area contributed by atoms with Crippen LogP contribution in [-0.2, 0) is 6.42 Å². The number of rotatable bonds is 1. The highest BCUT2D eigenvalue weighted by molar-refractivity contribution is 5.47. The SMILES string of the molecule is COc1cc2c(cc1C)CCC(C)(C)O2. The molecule has 82 valence electrons. The molecule has 1 aromatic rings. The summed E-state index contributed by atoms with van der Waals surface area (Å²) in [5.41, 5.74) is 2.43. The van der Waals surface area contributed by atoms with Crippen LogP contribution in [0.25, 0.3) is 0 Å². The van der Waals surface area contributed by atoms with E-state index in [0.29, 0.717) is 0 Å². The molecule has 1 aliphatic heterocycles. The molecule has 0 aliphatic carbocycles. The Kier molecular flexibility index (Phi) is 2.37. The van der Waals surface area contributed by atoms with Crippen LogP contribution in [0.4, 0.5) is 0 Å². The summed E-state index contributed by atoms with van der Waals surface area (Å²) in [6.45, 7) is 6.32. The van der Waals surface area contributed by atoms with Crippen molar-refractivity contribution in [1.82, 2.24) is 0 Å². The van der Waals surface area contributed by atoms with E-state index in [-0.39, 0.29) is 5.60 Å². The van der Waals surface area contributed by atoms with Crippen LogP contribution in [0.2, 0.25) is 0 Å². The second-order valence-corrected chi connectivity index (χ2v) is 4.79. The van der Waals surface area contributed by atoms with Gasteiger partial charge in [-0.3, -0.25) is 0 Å². The highest BCUT2D eigenvalue weighted by Crippen LogP contribution is 2.37. The van der Waals surface area contributed by atoms with E-state index < -0.39 is 0 Å². The Morgan fingerprint density at radius 2 is 2.07 bits per heavy atom. The molecule has 1 aromatic carbocycles. The van der Waals surface area contributed by atoms with Crippen LogP contribution in [-0.4, -0.2) is 12.7 Å². The minimum atomic E-state index is -0.0483. The van der Waals surface area contributed by atoms with E-state index in [1.54, 1.807) is 7.11 Å². The molecule has 0 fully saturated rings. The predicted molar refractivity (Wildman–Crippen MR) is 60.8 cm³/mol. The van der Waals surface area contributed by atoms with Crippen LogP contribution in [0.1, 0.15) is 31.4 Å². The summed E-state index contributed by atoms with van der Waals surface area (Å²) in [7, 11) is 1.70. The van der Waals surface area contributed by atoms with Crippen molar-refractivity contribution < 1.29 is 9.47 Å². The molecule has 2 heteroatoms. The Bertz CT molecular complexity index is 380. The van der Waals surface area contributed by atoms with Gasteiger partial charge in [-0.25, -0.2) is 0 Å². The van der Waals surface area contributed by atoms with Gasteiger partial charge < -0.3 is 9.47 Å². The summed E-state index contributed by atoms with van der Waals surface area (Å²) in [5.74, 6) is 1.89. The molecule has 0 atom stereocenters. The lowest BCUT2D eigenvalue weighted by Gasteiger charge is -2.33. The fourth-order valence-electron chi connectivity index (χ4n) is 2.02. The van der Waals surface area contributed by atoms with Gasteiger partial charge in [-0.2, -0.15) is 0 Å². The first-order valence-corrected chi connectivity index (χ1v) is 5.38. The first kappa shape index (κ1) is 10.3. The molecule has 0 radical (unpaired) electrons. The molecule has 2 rings (SSSR count). The molecule has 0 saturated carbocycles. The number of benzene rings is 1. The zero-order valence-electron chi connectivity index (χ0n) is 9.89. The Hall–Kier alpha value is -1.18. The monoisotopic (exact) mass is 206 g/mol. The highest BCUT2D eigenvalue weighted by Gasteiger charge is 2.27. The van der Waals surface area contributed by atoms with Gasteiger partial charge in [-0.15, -0.1) is 0 Å². The summed E-state index contributed by atoms with van der Waals surface area (Å²) in [6, 6.07) is 4.18. The van der Waals surface area contributed by atoms with Gasteiger partial charge in [0.2, 0.25) is 0 Å². The number of hydrogen-bond acceptors (Lipinski definition) is 2. The summed E-state index contributed by atoms with van der Waals surface area (Å²) in [4.78, 5) is 0. The van der Waals surface area contributed by atoms with Crippen LogP contribution in [0.3, 0.4) is 0 Å². The predicted octanol–water partition coefficient (Wildman–Crippen LogP) is 3.11. The second kappa shape index (κ2) is 3.44. The van der Waals surface area contributed by atoms with Crippen LogP contribution < -0.4 is 9.47 Å². The van der Waals surface area contributed by atoms with Gasteiger partial charge in [0.05, 0.1) is 7.11 Å². The third-order valence-electron chi connectivity index (χ3n) is 2.96. The summed E-state index contributed by atoms with van der Waals surface area (Å²) in [5, 5.41) is 0. The zero-order chi connectivity index (χ0) is 11.1. The first-order valence-electron chi connectivity index (χ1n) is 5.38. The van der Waals surface area contributed by atoms with Crippen molar-refractivity contribution >= 4 is 0 Å². The average molecular weight is 206 g/mol. The van der Waals surface area contributed by atoms with E-state index in [2.05, 4.69) is 26.8 Å². The number of ether oxygens (including phenoxy) is 2. The van der Waals surface area contributed by atoms with Crippen molar-refractivity contribution in [3.05, 3.63) is 23.3 Å². The van der Waals surface area contributed by atoms with E-state index in [4.69, 9.17) is 9.47 Å². The fraction of sp³-hybridized carbons (Fsp3) is 0.538. The van der Waals surface area contributed by atoms with E-state index in [1.807, 2.05) is 6.07 Å². The molecule has 1 aliphatic rings. The average Bonchev–Trinajstić information content (AvgIpc) is 2.17. The molecule has 1 heterocycles. The Morgan fingerprint density at radius 3 is 2.73 bits per heavy atom. The van der Waals surface area contributed by atoms with Crippen LogP contribution >= 0.6 is 0 Å². The Labute approximate surface area is 91.2 Å². The summed E-state index contributed by atoms with van der Waals surface area (Å²) >= 11 is 0. The molecular weight excluding hydrogens is 188 g/mol. The number of fused-ring (bicyclic) bond motifs is 1. The van der Waals surface area contributed by atoms with E-state index in [9.17, 15) is 0 Å². The number of aryl methyl sites for hydroxylation is 2. The molecule has 0 saturated heterocycles. The minimum Gasteiger partial charge on any atom is -0.496 e. The lowest BCUT2D eigenvalue weighted by molar-refractivity contribution is 0.0843. The van der Waals surface area contributed by atoms with Gasteiger partial charge in [0, 0.05) is 6.07 Å². The lowest BCUT2D eigenvalue weighted by atomic mass is 9.93. The summed E-state index contributed by atoms with van der Waals surface area (Å²) in [6.07, 6.45) is 2.17. The van der Waals surface area contributed by atoms with Gasteiger partial charge in [0.15, 0.2) is 0 Å². The summed E-state index contributed by atoms with van der Waals surface area (Å²) < 4.78 is 11.2. The minimum absolute atomic E-state index is 0.0483. The normalized spacial score (nSPS) is 17.9. The highest BCUT2D eigenvalue weighted by atomic mass is 16.5. The van der Waals surface area contributed by atoms with Crippen LogP contribution in [0.15, 0.2) is 12.1 Å². The van der Waals surface area contributed by atoms with E-state index >= 15 is 0 Å². The molecule has 0 N–H and O–H groups in total. The van der Waals surface area contributed by atoms with E-state index in [0.717, 1.165) is 24.3 Å². The van der Waals surface area contributed by atoms with Gasteiger partial charge in [-0.05, 0) is 50.8 Å². The lowest BCUT2D eigenvalue weighted by Crippen LogP contribution is -2.32. The maximum atomic E-state index is 5.94. The molecule has 0 bridgehead atoms. The number of hydrogen-bond donors (Lipinski definition) is 0. The smallest absolute Gasteiger partial charge is 0.127 e. The van der Waals surface area contributed by atoms with Gasteiger partial charge >= 0.3 is 0 Å². The zero-order valence-corrected chi connectivity index (χ0v) is 9.89. The molecule has 0 amide bonds.